The van der Waals surface area contributed by atoms with E-state index in [-0.39, 0.29) is 4.90 Å². The Bertz CT molecular complexity index is 1580. The van der Waals surface area contributed by atoms with Gasteiger partial charge >= 0.3 is 0 Å². The van der Waals surface area contributed by atoms with Crippen molar-refractivity contribution >= 4 is 42.9 Å². The standard InChI is InChI=1S/C28H24N2O2S/c1-30(2)26-19-17-21-11-7-9-15-24(21)28(26)27-23-14-8-6-10-20(23)16-18-25(27)29-33(31,32)22-12-4-3-5-13-22/h3-19,29H,1-2H3. The summed E-state index contributed by atoms with van der Waals surface area (Å²) in [4.78, 5) is 2.30. The number of rotatable bonds is 5. The molecule has 0 fully saturated rings. The average Bonchev–Trinajstić information content (AvgIpc) is 2.83. The molecule has 5 aromatic carbocycles. The molecule has 0 aliphatic carbocycles. The zero-order chi connectivity index (χ0) is 23.0. The molecule has 0 aliphatic rings. The number of hydrogen-bond acceptors (Lipinski definition) is 3. The molecule has 0 spiro atoms. The van der Waals surface area contributed by atoms with Crippen LogP contribution in [0.1, 0.15) is 0 Å². The Morgan fingerprint density at radius 1 is 0.606 bits per heavy atom. The van der Waals surface area contributed by atoms with Crippen LogP contribution in [0.4, 0.5) is 11.4 Å². The average molecular weight is 453 g/mol. The predicted octanol–water partition coefficient (Wildman–Crippen LogP) is 6.53. The number of benzene rings is 5. The van der Waals surface area contributed by atoms with E-state index in [9.17, 15) is 8.42 Å². The van der Waals surface area contributed by atoms with Gasteiger partial charge in [-0.1, -0.05) is 78.9 Å². The van der Waals surface area contributed by atoms with Gasteiger partial charge in [0, 0.05) is 30.9 Å². The molecule has 33 heavy (non-hydrogen) atoms. The molecule has 0 atom stereocenters. The molecule has 0 saturated carbocycles. The molecule has 5 rings (SSSR count). The SMILES string of the molecule is CN(C)c1ccc2ccccc2c1-c1c(NS(=O)(=O)c2ccccc2)ccc2ccccc12. The van der Waals surface area contributed by atoms with Gasteiger partial charge in [0.2, 0.25) is 0 Å². The molecule has 0 unspecified atom stereocenters. The Kier molecular flexibility index (Phi) is 5.27. The smallest absolute Gasteiger partial charge is 0.261 e. The fourth-order valence-electron chi connectivity index (χ4n) is 4.32. The monoisotopic (exact) mass is 452 g/mol. The quantitative estimate of drug-likeness (QED) is 0.330. The normalized spacial score (nSPS) is 11.6. The summed E-state index contributed by atoms with van der Waals surface area (Å²) in [5.41, 5.74) is 3.44. The molecule has 0 aromatic heterocycles. The van der Waals surface area contributed by atoms with Crippen molar-refractivity contribution in [3.8, 4) is 11.1 Å². The summed E-state index contributed by atoms with van der Waals surface area (Å²) in [7, 11) is 0.251. The molecule has 164 valence electrons. The maximum atomic E-state index is 13.3. The molecular weight excluding hydrogens is 428 g/mol. The van der Waals surface area contributed by atoms with Crippen molar-refractivity contribution in [3.05, 3.63) is 103 Å². The summed E-state index contributed by atoms with van der Waals surface area (Å²) in [5.74, 6) is 0. The van der Waals surface area contributed by atoms with E-state index < -0.39 is 10.0 Å². The van der Waals surface area contributed by atoms with Crippen LogP contribution in [0.3, 0.4) is 0 Å². The Hall–Kier alpha value is -3.83. The van der Waals surface area contributed by atoms with Gasteiger partial charge in [-0.05, 0) is 45.8 Å². The summed E-state index contributed by atoms with van der Waals surface area (Å²) >= 11 is 0. The van der Waals surface area contributed by atoms with Crippen molar-refractivity contribution in [3.63, 3.8) is 0 Å². The van der Waals surface area contributed by atoms with Gasteiger partial charge < -0.3 is 4.90 Å². The second-order valence-electron chi connectivity index (χ2n) is 8.20. The predicted molar refractivity (Wildman–Crippen MR) is 138 cm³/mol. The third kappa shape index (κ3) is 3.81. The Labute approximate surface area is 194 Å². The lowest BCUT2D eigenvalue weighted by atomic mass is 9.91. The third-order valence-corrected chi connectivity index (χ3v) is 7.25. The van der Waals surface area contributed by atoms with Gasteiger partial charge in [-0.3, -0.25) is 4.72 Å². The lowest BCUT2D eigenvalue weighted by Gasteiger charge is -2.23. The highest BCUT2D eigenvalue weighted by molar-refractivity contribution is 7.92. The van der Waals surface area contributed by atoms with Crippen molar-refractivity contribution in [2.75, 3.05) is 23.7 Å². The number of fused-ring (bicyclic) bond motifs is 2. The van der Waals surface area contributed by atoms with E-state index in [1.807, 2.05) is 56.6 Å². The highest BCUT2D eigenvalue weighted by Crippen LogP contribution is 2.44. The van der Waals surface area contributed by atoms with Crippen LogP contribution in [0.15, 0.2) is 108 Å². The number of anilines is 2. The van der Waals surface area contributed by atoms with Crippen LogP contribution in [-0.4, -0.2) is 22.5 Å². The van der Waals surface area contributed by atoms with Crippen LogP contribution < -0.4 is 9.62 Å². The molecule has 0 bridgehead atoms. The van der Waals surface area contributed by atoms with Crippen molar-refractivity contribution in [1.29, 1.82) is 0 Å². The maximum Gasteiger partial charge on any atom is 0.261 e. The second-order valence-corrected chi connectivity index (χ2v) is 9.89. The molecule has 4 nitrogen and oxygen atoms in total. The van der Waals surface area contributed by atoms with E-state index in [1.54, 1.807) is 30.3 Å². The minimum Gasteiger partial charge on any atom is -0.377 e. The van der Waals surface area contributed by atoms with Gasteiger partial charge in [0.1, 0.15) is 0 Å². The van der Waals surface area contributed by atoms with Crippen molar-refractivity contribution in [2.45, 2.75) is 4.90 Å². The van der Waals surface area contributed by atoms with E-state index in [4.69, 9.17) is 0 Å². The lowest BCUT2D eigenvalue weighted by Crippen LogP contribution is -2.14. The van der Waals surface area contributed by atoms with Crippen LogP contribution in [0, 0.1) is 0 Å². The fourth-order valence-corrected chi connectivity index (χ4v) is 5.42. The molecule has 0 amide bonds. The number of nitrogens with one attached hydrogen (secondary N) is 1. The van der Waals surface area contributed by atoms with E-state index in [2.05, 4.69) is 40.0 Å². The maximum absolute atomic E-state index is 13.3. The number of sulfonamides is 1. The topological polar surface area (TPSA) is 49.4 Å². The van der Waals surface area contributed by atoms with Crippen molar-refractivity contribution in [1.82, 2.24) is 0 Å². The number of hydrogen-bond donors (Lipinski definition) is 1. The van der Waals surface area contributed by atoms with E-state index in [1.165, 1.54) is 0 Å². The first kappa shape index (κ1) is 21.0. The molecule has 5 aromatic rings. The van der Waals surface area contributed by atoms with Gasteiger partial charge in [-0.15, -0.1) is 0 Å². The fraction of sp³-hybridized carbons (Fsp3) is 0.0714. The Balaban J connectivity index is 1.85. The van der Waals surface area contributed by atoms with Gasteiger partial charge in [-0.2, -0.15) is 0 Å². The molecular formula is C28H24N2O2S. The zero-order valence-electron chi connectivity index (χ0n) is 18.5. The van der Waals surface area contributed by atoms with Gasteiger partial charge in [-0.25, -0.2) is 8.42 Å². The van der Waals surface area contributed by atoms with Crippen LogP contribution in [0.2, 0.25) is 0 Å². The molecule has 0 radical (unpaired) electrons. The van der Waals surface area contributed by atoms with Gasteiger partial charge in [0.25, 0.3) is 10.0 Å². The summed E-state index contributed by atoms with van der Waals surface area (Å²) in [6.07, 6.45) is 0. The summed E-state index contributed by atoms with van der Waals surface area (Å²) in [6.45, 7) is 0. The highest BCUT2D eigenvalue weighted by Gasteiger charge is 2.21. The lowest BCUT2D eigenvalue weighted by molar-refractivity contribution is 0.601. The number of nitrogens with zero attached hydrogens (tertiary/aromatic N) is 1. The molecule has 1 N–H and O–H groups in total. The van der Waals surface area contributed by atoms with E-state index in [0.717, 1.165) is 38.4 Å². The van der Waals surface area contributed by atoms with Crippen LogP contribution in [-0.2, 0) is 10.0 Å². The van der Waals surface area contributed by atoms with Crippen molar-refractivity contribution < 1.29 is 8.42 Å². The Morgan fingerprint density at radius 2 is 1.15 bits per heavy atom. The van der Waals surface area contributed by atoms with Gasteiger partial charge in [0.05, 0.1) is 10.6 Å². The Morgan fingerprint density at radius 3 is 1.79 bits per heavy atom. The first-order chi connectivity index (χ1) is 16.0. The van der Waals surface area contributed by atoms with E-state index in [0.29, 0.717) is 5.69 Å². The van der Waals surface area contributed by atoms with Crippen molar-refractivity contribution in [2.24, 2.45) is 0 Å². The molecule has 0 heterocycles. The first-order valence-electron chi connectivity index (χ1n) is 10.7. The van der Waals surface area contributed by atoms with Crippen LogP contribution in [0.25, 0.3) is 32.7 Å². The minimum atomic E-state index is -3.76. The summed E-state index contributed by atoms with van der Waals surface area (Å²) in [5, 5.41) is 4.21. The minimum absolute atomic E-state index is 0.231. The highest BCUT2D eigenvalue weighted by atomic mass is 32.2. The molecule has 0 aliphatic heterocycles. The third-order valence-electron chi connectivity index (χ3n) is 5.87. The molecule has 0 saturated heterocycles. The van der Waals surface area contributed by atoms with Gasteiger partial charge in [0.15, 0.2) is 0 Å². The second kappa shape index (κ2) is 8.26. The zero-order valence-corrected chi connectivity index (χ0v) is 19.3. The molecule has 5 heteroatoms. The van der Waals surface area contributed by atoms with Crippen LogP contribution >= 0.6 is 0 Å². The summed E-state index contributed by atoms with van der Waals surface area (Å²) < 4.78 is 29.4. The van der Waals surface area contributed by atoms with Crippen LogP contribution in [0.5, 0.6) is 0 Å². The summed E-state index contributed by atoms with van der Waals surface area (Å²) in [6, 6.07) is 32.8. The largest absolute Gasteiger partial charge is 0.377 e. The van der Waals surface area contributed by atoms with E-state index >= 15 is 0 Å². The first-order valence-corrected chi connectivity index (χ1v) is 12.2.